The van der Waals surface area contributed by atoms with Crippen LogP contribution in [0.1, 0.15) is 64.7 Å². The molecule has 4 fully saturated rings. The molecule has 4 N–H and O–H groups in total. The number of esters is 1. The fourth-order valence-corrected chi connectivity index (χ4v) is 8.46. The van der Waals surface area contributed by atoms with Crippen LogP contribution in [0.5, 0.6) is 0 Å². The summed E-state index contributed by atoms with van der Waals surface area (Å²) < 4.78 is 5.17. The van der Waals surface area contributed by atoms with Gasteiger partial charge in [0.05, 0.1) is 23.5 Å². The highest BCUT2D eigenvalue weighted by atomic mass is 16.5. The lowest BCUT2D eigenvalue weighted by Crippen LogP contribution is -2.68. The molecule has 7 nitrogen and oxygen atoms in total. The number of carbonyl (C=O) groups excluding carboxylic acids is 1. The molecule has 7 heteroatoms. The number of hydrogen-bond acceptors (Lipinski definition) is 7. The summed E-state index contributed by atoms with van der Waals surface area (Å²) in [5.41, 5.74) is -2.11. The summed E-state index contributed by atoms with van der Waals surface area (Å²) in [4.78, 5) is 11.7. The molecule has 8 atom stereocenters. The van der Waals surface area contributed by atoms with Crippen molar-refractivity contribution in [2.45, 2.75) is 82.0 Å². The van der Waals surface area contributed by atoms with E-state index in [4.69, 9.17) is 4.74 Å². The number of fused-ring (bicyclic) bond motifs is 5. The predicted octanol–water partition coefficient (Wildman–Crippen LogP) is 2.16. The van der Waals surface area contributed by atoms with Crippen LogP contribution in [-0.4, -0.2) is 56.6 Å². The lowest BCUT2D eigenvalue weighted by Gasteiger charge is -2.65. The molecule has 166 valence electrons. The number of oxime groups is 1. The molecule has 5 aliphatic rings. The van der Waals surface area contributed by atoms with Crippen LogP contribution >= 0.6 is 0 Å². The van der Waals surface area contributed by atoms with Gasteiger partial charge < -0.3 is 25.3 Å². The van der Waals surface area contributed by atoms with E-state index >= 15 is 0 Å². The van der Waals surface area contributed by atoms with Gasteiger partial charge >= 0.3 is 5.97 Å². The molecule has 0 spiro atoms. The van der Waals surface area contributed by atoms with Crippen molar-refractivity contribution in [3.05, 3.63) is 11.6 Å². The largest absolute Gasteiger partial charge is 0.458 e. The third kappa shape index (κ3) is 2.43. The topological polar surface area (TPSA) is 120 Å². The second kappa shape index (κ2) is 6.53. The Bertz CT molecular complexity index is 812. The van der Waals surface area contributed by atoms with Gasteiger partial charge in [-0.25, -0.2) is 4.79 Å². The number of ether oxygens (including phenoxy) is 1. The summed E-state index contributed by atoms with van der Waals surface area (Å²) in [6, 6.07) is 0. The first kappa shape index (κ1) is 20.5. The third-order valence-electron chi connectivity index (χ3n) is 9.93. The second-order valence-electron chi connectivity index (χ2n) is 10.8. The number of aliphatic hydroxyl groups is 3. The molecule has 1 heterocycles. The highest BCUT2D eigenvalue weighted by Gasteiger charge is 2.71. The standard InChI is InChI=1S/C23H33NO6/c1-20-6-3-17-18(23(20,28)9-5-16(20)14-10-19(26)30-12-14)4-8-22(27)11-15(25)2-7-21(17,22)13-24-29/h10,13,15-18,25,27-29H,2-9,11-12H2,1H3. The van der Waals surface area contributed by atoms with Crippen molar-refractivity contribution in [3.63, 3.8) is 0 Å². The van der Waals surface area contributed by atoms with E-state index in [-0.39, 0.29) is 35.6 Å². The van der Waals surface area contributed by atoms with Crippen molar-refractivity contribution in [1.82, 2.24) is 0 Å². The predicted molar refractivity (Wildman–Crippen MR) is 108 cm³/mol. The fourth-order valence-electron chi connectivity index (χ4n) is 8.46. The Morgan fingerprint density at radius 3 is 2.57 bits per heavy atom. The van der Waals surface area contributed by atoms with E-state index in [1.54, 1.807) is 6.08 Å². The molecular formula is C23H33NO6. The minimum absolute atomic E-state index is 0.00749. The van der Waals surface area contributed by atoms with E-state index in [1.807, 2.05) is 0 Å². The summed E-state index contributed by atoms with van der Waals surface area (Å²) >= 11 is 0. The molecule has 4 aliphatic carbocycles. The minimum atomic E-state index is -1.12. The van der Waals surface area contributed by atoms with Gasteiger partial charge in [0, 0.05) is 23.3 Å². The van der Waals surface area contributed by atoms with Gasteiger partial charge in [0.2, 0.25) is 0 Å². The maximum atomic E-state index is 12.2. The third-order valence-corrected chi connectivity index (χ3v) is 9.93. The number of carbonyl (C=O) groups is 1. The van der Waals surface area contributed by atoms with Crippen LogP contribution < -0.4 is 0 Å². The Labute approximate surface area is 176 Å². The molecule has 0 saturated heterocycles. The summed E-state index contributed by atoms with van der Waals surface area (Å²) in [5.74, 6) is -0.203. The Kier molecular flexibility index (Phi) is 4.45. The number of aliphatic hydroxyl groups excluding tert-OH is 1. The molecule has 8 unspecified atom stereocenters. The molecule has 4 saturated carbocycles. The average Bonchev–Trinajstić information content (AvgIpc) is 3.23. The Hall–Kier alpha value is -1.44. The Morgan fingerprint density at radius 2 is 1.87 bits per heavy atom. The Balaban J connectivity index is 1.53. The average molecular weight is 420 g/mol. The minimum Gasteiger partial charge on any atom is -0.458 e. The maximum absolute atomic E-state index is 12.2. The first-order chi connectivity index (χ1) is 14.2. The van der Waals surface area contributed by atoms with Crippen LogP contribution in [0.2, 0.25) is 0 Å². The molecule has 30 heavy (non-hydrogen) atoms. The van der Waals surface area contributed by atoms with Crippen molar-refractivity contribution in [2.24, 2.45) is 33.7 Å². The van der Waals surface area contributed by atoms with Gasteiger partial charge in [0.25, 0.3) is 0 Å². The number of nitrogens with zero attached hydrogens (tertiary/aromatic N) is 1. The normalized spacial score (nSPS) is 53.1. The number of hydrogen-bond donors (Lipinski definition) is 4. The van der Waals surface area contributed by atoms with E-state index in [2.05, 4.69) is 12.1 Å². The number of cyclic esters (lactones) is 1. The zero-order chi connectivity index (χ0) is 21.4. The maximum Gasteiger partial charge on any atom is 0.331 e. The summed E-state index contributed by atoms with van der Waals surface area (Å²) in [7, 11) is 0. The number of rotatable bonds is 2. The molecule has 0 amide bonds. The van der Waals surface area contributed by atoms with Gasteiger partial charge in [-0.1, -0.05) is 6.92 Å². The van der Waals surface area contributed by atoms with Gasteiger partial charge in [0.15, 0.2) is 0 Å². The molecule has 0 aromatic heterocycles. The van der Waals surface area contributed by atoms with Crippen LogP contribution in [0.25, 0.3) is 0 Å². The highest BCUT2D eigenvalue weighted by molar-refractivity contribution is 5.85. The molecule has 0 bridgehead atoms. The van der Waals surface area contributed by atoms with Crippen LogP contribution in [-0.2, 0) is 9.53 Å². The van der Waals surface area contributed by atoms with E-state index in [0.717, 1.165) is 24.8 Å². The second-order valence-corrected chi connectivity index (χ2v) is 10.8. The van der Waals surface area contributed by atoms with Gasteiger partial charge in [-0.3, -0.25) is 0 Å². The zero-order valence-electron chi connectivity index (χ0n) is 17.6. The van der Waals surface area contributed by atoms with Gasteiger partial charge in [-0.15, -0.1) is 5.16 Å². The lowest BCUT2D eigenvalue weighted by atomic mass is 9.41. The van der Waals surface area contributed by atoms with Crippen molar-refractivity contribution < 1.29 is 30.1 Å². The fraction of sp³-hybridized carbons (Fsp3) is 0.826. The van der Waals surface area contributed by atoms with Gasteiger partial charge in [-0.2, -0.15) is 0 Å². The molecule has 5 rings (SSSR count). The van der Waals surface area contributed by atoms with E-state index in [0.29, 0.717) is 38.7 Å². The summed E-state index contributed by atoms with van der Waals surface area (Å²) in [6.07, 6.45) is 8.20. The van der Waals surface area contributed by atoms with Crippen molar-refractivity contribution >= 4 is 12.2 Å². The summed E-state index contributed by atoms with van der Waals surface area (Å²) in [5, 5.41) is 47.0. The van der Waals surface area contributed by atoms with Crippen LogP contribution in [0.15, 0.2) is 16.8 Å². The summed E-state index contributed by atoms with van der Waals surface area (Å²) in [6.45, 7) is 2.48. The van der Waals surface area contributed by atoms with Crippen molar-refractivity contribution in [3.8, 4) is 0 Å². The zero-order valence-corrected chi connectivity index (χ0v) is 17.6. The first-order valence-corrected chi connectivity index (χ1v) is 11.4. The van der Waals surface area contributed by atoms with Crippen LogP contribution in [0.3, 0.4) is 0 Å². The van der Waals surface area contributed by atoms with E-state index in [9.17, 15) is 25.3 Å². The molecule has 0 aromatic rings. The van der Waals surface area contributed by atoms with E-state index < -0.39 is 22.7 Å². The van der Waals surface area contributed by atoms with E-state index in [1.165, 1.54) is 6.21 Å². The van der Waals surface area contributed by atoms with Gasteiger partial charge in [-0.05, 0) is 74.7 Å². The monoisotopic (exact) mass is 419 g/mol. The van der Waals surface area contributed by atoms with Gasteiger partial charge in [0.1, 0.15) is 6.61 Å². The molecular weight excluding hydrogens is 386 g/mol. The van der Waals surface area contributed by atoms with Crippen molar-refractivity contribution in [2.75, 3.05) is 6.61 Å². The van der Waals surface area contributed by atoms with Crippen LogP contribution in [0.4, 0.5) is 0 Å². The molecule has 1 aliphatic heterocycles. The lowest BCUT2D eigenvalue weighted by molar-refractivity contribution is -0.237. The first-order valence-electron chi connectivity index (χ1n) is 11.4. The Morgan fingerprint density at radius 1 is 1.10 bits per heavy atom. The molecule has 0 aromatic carbocycles. The highest BCUT2D eigenvalue weighted by Crippen LogP contribution is 2.70. The molecule has 0 radical (unpaired) electrons. The van der Waals surface area contributed by atoms with Crippen molar-refractivity contribution in [1.29, 1.82) is 0 Å². The quantitative estimate of drug-likeness (QED) is 0.236. The SMILES string of the molecule is CC12CCC3C(CCC4(O)CC(O)CCC34C=NO)C1(O)CCC2C1=CC(=O)OC1. The van der Waals surface area contributed by atoms with Crippen LogP contribution in [0, 0.1) is 28.6 Å². The smallest absolute Gasteiger partial charge is 0.331 e.